The van der Waals surface area contributed by atoms with Crippen LogP contribution in [0.1, 0.15) is 5.56 Å². The monoisotopic (exact) mass is 208 g/mol. The van der Waals surface area contributed by atoms with E-state index in [1.165, 1.54) is 4.90 Å². The van der Waals surface area contributed by atoms with Crippen molar-refractivity contribution < 1.29 is 9.18 Å². The number of halogens is 1. The molecule has 0 saturated carbocycles. The Morgan fingerprint density at radius 2 is 2.13 bits per heavy atom. The molecule has 3 nitrogen and oxygen atoms in total. The average molecular weight is 208 g/mol. The molecule has 2 N–H and O–H groups in total. The van der Waals surface area contributed by atoms with E-state index in [-0.39, 0.29) is 12.3 Å². The zero-order valence-electron chi connectivity index (χ0n) is 8.48. The van der Waals surface area contributed by atoms with Crippen molar-refractivity contribution in [2.45, 2.75) is 18.6 Å². The van der Waals surface area contributed by atoms with Gasteiger partial charge in [0.1, 0.15) is 12.2 Å². The molecule has 1 aromatic carbocycles. The van der Waals surface area contributed by atoms with Gasteiger partial charge in [0.15, 0.2) is 0 Å². The summed E-state index contributed by atoms with van der Waals surface area (Å²) in [7, 11) is 1.62. The molecular formula is C11H13FN2O. The second-order valence-electron chi connectivity index (χ2n) is 3.77. The first-order valence-corrected chi connectivity index (χ1v) is 4.86. The molecule has 15 heavy (non-hydrogen) atoms. The van der Waals surface area contributed by atoms with E-state index in [1.807, 2.05) is 18.2 Å². The van der Waals surface area contributed by atoms with Crippen molar-refractivity contribution in [2.75, 3.05) is 11.9 Å². The molecule has 2 atom stereocenters. The lowest BCUT2D eigenvalue weighted by atomic mass is 10.0. The zero-order valence-corrected chi connectivity index (χ0v) is 8.48. The van der Waals surface area contributed by atoms with Crippen molar-refractivity contribution in [1.29, 1.82) is 0 Å². The standard InChI is InChI=1S/C11H13FN2O/c1-14-9-5-3-2-4-7(9)6-8(12)10(13)11(14)15/h2-5,8,10H,6,13H2,1H3. The second kappa shape index (κ2) is 3.62. The highest BCUT2D eigenvalue weighted by molar-refractivity contribution is 5.98. The molecule has 0 aromatic heterocycles. The van der Waals surface area contributed by atoms with Crippen LogP contribution in [0, 0.1) is 0 Å². The Morgan fingerprint density at radius 1 is 1.47 bits per heavy atom. The number of amides is 1. The molecule has 0 radical (unpaired) electrons. The first-order chi connectivity index (χ1) is 7.11. The second-order valence-corrected chi connectivity index (χ2v) is 3.77. The molecule has 1 amide bonds. The largest absolute Gasteiger partial charge is 0.317 e. The highest BCUT2D eigenvalue weighted by Crippen LogP contribution is 2.26. The number of carbonyl (C=O) groups is 1. The highest BCUT2D eigenvalue weighted by Gasteiger charge is 2.32. The Bertz CT molecular complexity index is 394. The van der Waals surface area contributed by atoms with Crippen LogP contribution < -0.4 is 10.6 Å². The number of para-hydroxylation sites is 1. The minimum absolute atomic E-state index is 0.202. The summed E-state index contributed by atoms with van der Waals surface area (Å²) in [5, 5.41) is 0. The zero-order chi connectivity index (χ0) is 11.0. The molecule has 1 aliphatic heterocycles. The van der Waals surface area contributed by atoms with Crippen LogP contribution in [0.25, 0.3) is 0 Å². The molecule has 0 aliphatic carbocycles. The maximum atomic E-state index is 13.6. The number of nitrogens with two attached hydrogens (primary N) is 1. The quantitative estimate of drug-likeness (QED) is 0.687. The van der Waals surface area contributed by atoms with E-state index in [4.69, 9.17) is 5.73 Å². The fraction of sp³-hybridized carbons (Fsp3) is 0.364. The molecule has 1 heterocycles. The first kappa shape index (κ1) is 10.1. The van der Waals surface area contributed by atoms with E-state index in [9.17, 15) is 9.18 Å². The summed E-state index contributed by atoms with van der Waals surface area (Å²) in [6, 6.07) is 6.23. The lowest BCUT2D eigenvalue weighted by molar-refractivity contribution is -0.120. The predicted molar refractivity (Wildman–Crippen MR) is 56.4 cm³/mol. The van der Waals surface area contributed by atoms with Gasteiger partial charge in [-0.3, -0.25) is 4.79 Å². The normalized spacial score (nSPS) is 26.1. The molecule has 2 unspecified atom stereocenters. The van der Waals surface area contributed by atoms with Gasteiger partial charge >= 0.3 is 0 Å². The van der Waals surface area contributed by atoms with E-state index in [0.717, 1.165) is 11.3 Å². The van der Waals surface area contributed by atoms with E-state index < -0.39 is 12.2 Å². The third-order valence-corrected chi connectivity index (χ3v) is 2.77. The average Bonchev–Trinajstić information content (AvgIpc) is 2.32. The van der Waals surface area contributed by atoms with Crippen molar-refractivity contribution in [2.24, 2.45) is 5.73 Å². The summed E-state index contributed by atoms with van der Waals surface area (Å²) in [6.07, 6.45) is -1.10. The number of rotatable bonds is 0. The molecule has 2 rings (SSSR count). The number of anilines is 1. The summed E-state index contributed by atoms with van der Waals surface area (Å²) >= 11 is 0. The van der Waals surface area contributed by atoms with Gasteiger partial charge in [0.2, 0.25) is 5.91 Å². The van der Waals surface area contributed by atoms with Gasteiger partial charge in [-0.2, -0.15) is 0 Å². The first-order valence-electron chi connectivity index (χ1n) is 4.86. The van der Waals surface area contributed by atoms with Crippen molar-refractivity contribution in [3.8, 4) is 0 Å². The highest BCUT2D eigenvalue weighted by atomic mass is 19.1. The lowest BCUT2D eigenvalue weighted by Crippen LogP contribution is -2.46. The molecule has 0 bridgehead atoms. The van der Waals surface area contributed by atoms with E-state index >= 15 is 0 Å². The van der Waals surface area contributed by atoms with Crippen LogP contribution >= 0.6 is 0 Å². The van der Waals surface area contributed by atoms with Crippen LogP contribution in [0.2, 0.25) is 0 Å². The van der Waals surface area contributed by atoms with Crippen molar-refractivity contribution >= 4 is 11.6 Å². The van der Waals surface area contributed by atoms with Crippen LogP contribution in [0.4, 0.5) is 10.1 Å². The van der Waals surface area contributed by atoms with Gasteiger partial charge in [-0.15, -0.1) is 0 Å². The molecule has 1 aromatic rings. The Morgan fingerprint density at radius 3 is 2.87 bits per heavy atom. The maximum absolute atomic E-state index is 13.6. The van der Waals surface area contributed by atoms with Gasteiger partial charge in [0, 0.05) is 19.2 Å². The number of nitrogens with zero attached hydrogens (tertiary/aromatic N) is 1. The van der Waals surface area contributed by atoms with Crippen LogP contribution in [0.5, 0.6) is 0 Å². The fourth-order valence-electron chi connectivity index (χ4n) is 1.84. The third kappa shape index (κ3) is 1.61. The van der Waals surface area contributed by atoms with Crippen LogP contribution in [0.3, 0.4) is 0 Å². The summed E-state index contributed by atoms with van der Waals surface area (Å²) in [4.78, 5) is 13.1. The van der Waals surface area contributed by atoms with Gasteiger partial charge < -0.3 is 10.6 Å². The lowest BCUT2D eigenvalue weighted by Gasteiger charge is -2.19. The van der Waals surface area contributed by atoms with Gasteiger partial charge in [-0.1, -0.05) is 18.2 Å². The number of likely N-dealkylation sites (N-methyl/N-ethyl adjacent to an activating group) is 1. The van der Waals surface area contributed by atoms with E-state index in [0.29, 0.717) is 0 Å². The number of carbonyl (C=O) groups excluding carboxylic acids is 1. The minimum Gasteiger partial charge on any atom is -0.317 e. The summed E-state index contributed by atoms with van der Waals surface area (Å²) in [5.74, 6) is -0.368. The Hall–Kier alpha value is -1.42. The Labute approximate surface area is 87.7 Å². The number of fused-ring (bicyclic) bond motifs is 1. The fourth-order valence-corrected chi connectivity index (χ4v) is 1.84. The molecular weight excluding hydrogens is 195 g/mol. The number of hydrogen-bond donors (Lipinski definition) is 1. The van der Waals surface area contributed by atoms with E-state index in [2.05, 4.69) is 0 Å². The van der Waals surface area contributed by atoms with Crippen LogP contribution in [0.15, 0.2) is 24.3 Å². The SMILES string of the molecule is CN1C(=O)C(N)C(F)Cc2ccccc21. The molecule has 80 valence electrons. The van der Waals surface area contributed by atoms with Crippen molar-refractivity contribution in [3.63, 3.8) is 0 Å². The molecule has 0 spiro atoms. The topological polar surface area (TPSA) is 46.3 Å². The third-order valence-electron chi connectivity index (χ3n) is 2.77. The Kier molecular flexibility index (Phi) is 2.44. The smallest absolute Gasteiger partial charge is 0.246 e. The summed E-state index contributed by atoms with van der Waals surface area (Å²) in [5.41, 5.74) is 7.10. The number of benzene rings is 1. The minimum atomic E-state index is -1.30. The molecule has 4 heteroatoms. The van der Waals surface area contributed by atoms with Crippen LogP contribution in [-0.4, -0.2) is 25.2 Å². The summed E-state index contributed by atoms with van der Waals surface area (Å²) in [6.45, 7) is 0. The molecule has 0 fully saturated rings. The van der Waals surface area contributed by atoms with Crippen LogP contribution in [-0.2, 0) is 11.2 Å². The number of hydrogen-bond acceptors (Lipinski definition) is 2. The molecule has 0 saturated heterocycles. The van der Waals surface area contributed by atoms with Gasteiger partial charge in [-0.25, -0.2) is 4.39 Å². The van der Waals surface area contributed by atoms with Gasteiger partial charge in [-0.05, 0) is 11.6 Å². The van der Waals surface area contributed by atoms with Gasteiger partial charge in [0.05, 0.1) is 0 Å². The van der Waals surface area contributed by atoms with Crippen molar-refractivity contribution in [1.82, 2.24) is 0 Å². The maximum Gasteiger partial charge on any atom is 0.246 e. The molecule has 1 aliphatic rings. The number of alkyl halides is 1. The summed E-state index contributed by atoms with van der Waals surface area (Å²) < 4.78 is 13.6. The van der Waals surface area contributed by atoms with E-state index in [1.54, 1.807) is 13.1 Å². The van der Waals surface area contributed by atoms with Crippen molar-refractivity contribution in [3.05, 3.63) is 29.8 Å². The Balaban J connectivity index is 2.49. The predicted octanol–water partition coefficient (Wildman–Crippen LogP) is 0.871. The van der Waals surface area contributed by atoms with Gasteiger partial charge in [0.25, 0.3) is 0 Å².